The number of nitrogens with zero attached hydrogens (tertiary/aromatic N) is 1. The molecule has 2 unspecified atom stereocenters. The van der Waals surface area contributed by atoms with E-state index in [-0.39, 0.29) is 17.9 Å². The summed E-state index contributed by atoms with van der Waals surface area (Å²) in [6, 6.07) is -0.526. The molecule has 5 heteroatoms. The van der Waals surface area contributed by atoms with Gasteiger partial charge < -0.3 is 14.4 Å². The number of hydrogen-bond donors (Lipinski definition) is 0. The number of likely N-dealkylation sites (tertiary alicyclic amines) is 1. The van der Waals surface area contributed by atoms with Crippen molar-refractivity contribution in [2.24, 2.45) is 0 Å². The molecule has 1 aliphatic rings. The van der Waals surface area contributed by atoms with Crippen LogP contribution in [0, 0.1) is 0 Å². The van der Waals surface area contributed by atoms with Gasteiger partial charge in [0.2, 0.25) is 5.91 Å². The Hall–Kier alpha value is -1.10. The van der Waals surface area contributed by atoms with Crippen molar-refractivity contribution in [2.45, 2.75) is 31.8 Å². The molecule has 1 saturated heterocycles. The standard InChI is InChI=1S/C10H17NO4/c1-7(6-14-2)11-8(10(13)15-3)4-5-9(11)12/h7-8H,4-6H2,1-3H3. The van der Waals surface area contributed by atoms with Crippen molar-refractivity contribution in [3.05, 3.63) is 0 Å². The Bertz CT molecular complexity index is 254. The van der Waals surface area contributed by atoms with E-state index in [0.29, 0.717) is 19.4 Å². The van der Waals surface area contributed by atoms with Gasteiger partial charge in [-0.2, -0.15) is 0 Å². The molecule has 0 saturated carbocycles. The van der Waals surface area contributed by atoms with Gasteiger partial charge in [0.15, 0.2) is 0 Å². The van der Waals surface area contributed by atoms with Crippen LogP contribution in [0.2, 0.25) is 0 Å². The van der Waals surface area contributed by atoms with Crippen molar-refractivity contribution >= 4 is 11.9 Å². The summed E-state index contributed by atoms with van der Waals surface area (Å²) in [4.78, 5) is 24.6. The Labute approximate surface area is 89.3 Å². The first-order valence-corrected chi connectivity index (χ1v) is 4.99. The highest BCUT2D eigenvalue weighted by Gasteiger charge is 2.39. The predicted octanol–water partition coefficient (Wildman–Crippen LogP) is 0.185. The van der Waals surface area contributed by atoms with E-state index in [1.165, 1.54) is 7.11 Å². The molecule has 0 spiro atoms. The Morgan fingerprint density at radius 1 is 1.60 bits per heavy atom. The Balaban J connectivity index is 2.72. The zero-order chi connectivity index (χ0) is 11.4. The first kappa shape index (κ1) is 12.0. The highest BCUT2D eigenvalue weighted by Crippen LogP contribution is 2.22. The lowest BCUT2D eigenvalue weighted by Gasteiger charge is -2.28. The Kier molecular flexibility index (Phi) is 4.08. The maximum Gasteiger partial charge on any atom is 0.328 e. The average molecular weight is 215 g/mol. The summed E-state index contributed by atoms with van der Waals surface area (Å²) in [7, 11) is 2.91. The molecule has 15 heavy (non-hydrogen) atoms. The number of ether oxygens (including phenoxy) is 2. The zero-order valence-electron chi connectivity index (χ0n) is 9.36. The molecule has 0 aliphatic carbocycles. The highest BCUT2D eigenvalue weighted by molar-refractivity contribution is 5.88. The van der Waals surface area contributed by atoms with Gasteiger partial charge in [-0.05, 0) is 13.3 Å². The van der Waals surface area contributed by atoms with Gasteiger partial charge in [-0.1, -0.05) is 0 Å². The number of methoxy groups -OCH3 is 2. The minimum Gasteiger partial charge on any atom is -0.467 e. The van der Waals surface area contributed by atoms with E-state index in [9.17, 15) is 9.59 Å². The van der Waals surface area contributed by atoms with E-state index in [2.05, 4.69) is 4.74 Å². The first-order valence-electron chi connectivity index (χ1n) is 4.99. The number of amides is 1. The summed E-state index contributed by atoms with van der Waals surface area (Å²) >= 11 is 0. The Morgan fingerprint density at radius 3 is 2.80 bits per heavy atom. The summed E-state index contributed by atoms with van der Waals surface area (Å²) in [5.74, 6) is -0.348. The molecule has 0 radical (unpaired) electrons. The third-order valence-electron chi connectivity index (χ3n) is 2.61. The molecule has 0 N–H and O–H groups in total. The van der Waals surface area contributed by atoms with Gasteiger partial charge in [0.1, 0.15) is 6.04 Å². The van der Waals surface area contributed by atoms with Crippen molar-refractivity contribution in [1.82, 2.24) is 4.90 Å². The molecule has 0 bridgehead atoms. The second-order valence-electron chi connectivity index (χ2n) is 3.68. The molecule has 1 amide bonds. The van der Waals surface area contributed by atoms with Crippen molar-refractivity contribution in [3.63, 3.8) is 0 Å². The van der Waals surface area contributed by atoms with Crippen LogP contribution in [0.1, 0.15) is 19.8 Å². The SMILES string of the molecule is COCC(C)N1C(=O)CCC1C(=O)OC. The van der Waals surface area contributed by atoms with Crippen LogP contribution in [0.3, 0.4) is 0 Å². The van der Waals surface area contributed by atoms with E-state index in [0.717, 1.165) is 0 Å². The fourth-order valence-electron chi connectivity index (χ4n) is 1.94. The molecule has 2 atom stereocenters. The fourth-order valence-corrected chi connectivity index (χ4v) is 1.94. The lowest BCUT2D eigenvalue weighted by atomic mass is 10.2. The van der Waals surface area contributed by atoms with Crippen LogP contribution < -0.4 is 0 Å². The zero-order valence-corrected chi connectivity index (χ0v) is 9.36. The van der Waals surface area contributed by atoms with Crippen LogP contribution in [0.15, 0.2) is 0 Å². The number of carbonyl (C=O) groups is 2. The second-order valence-corrected chi connectivity index (χ2v) is 3.68. The molecular weight excluding hydrogens is 198 g/mol. The van der Waals surface area contributed by atoms with Crippen LogP contribution in [-0.4, -0.2) is 49.7 Å². The molecule has 86 valence electrons. The minimum absolute atomic E-state index is 0.00468. The number of carbonyl (C=O) groups excluding carboxylic acids is 2. The van der Waals surface area contributed by atoms with E-state index in [1.54, 1.807) is 12.0 Å². The van der Waals surface area contributed by atoms with Gasteiger partial charge in [0.25, 0.3) is 0 Å². The van der Waals surface area contributed by atoms with Crippen LogP contribution in [0.4, 0.5) is 0 Å². The Morgan fingerprint density at radius 2 is 2.27 bits per heavy atom. The predicted molar refractivity (Wildman–Crippen MR) is 53.2 cm³/mol. The van der Waals surface area contributed by atoms with Crippen molar-refractivity contribution in [3.8, 4) is 0 Å². The van der Waals surface area contributed by atoms with Gasteiger partial charge in [-0.3, -0.25) is 4.79 Å². The van der Waals surface area contributed by atoms with Crippen molar-refractivity contribution < 1.29 is 19.1 Å². The molecular formula is C10H17NO4. The van der Waals surface area contributed by atoms with Gasteiger partial charge in [-0.25, -0.2) is 4.79 Å². The summed E-state index contributed by atoms with van der Waals surface area (Å²) in [6.07, 6.45) is 0.952. The average Bonchev–Trinajstić information content (AvgIpc) is 2.59. The maximum atomic E-state index is 11.6. The summed E-state index contributed by atoms with van der Waals surface area (Å²) < 4.78 is 9.65. The van der Waals surface area contributed by atoms with Gasteiger partial charge in [0, 0.05) is 13.5 Å². The summed E-state index contributed by atoms with van der Waals surface area (Å²) in [6.45, 7) is 2.29. The largest absolute Gasteiger partial charge is 0.467 e. The molecule has 0 aromatic heterocycles. The summed E-state index contributed by atoms with van der Waals surface area (Å²) in [5, 5.41) is 0. The van der Waals surface area contributed by atoms with E-state index in [1.807, 2.05) is 6.92 Å². The summed E-state index contributed by atoms with van der Waals surface area (Å²) in [5.41, 5.74) is 0. The second kappa shape index (κ2) is 5.11. The highest BCUT2D eigenvalue weighted by atomic mass is 16.5. The minimum atomic E-state index is -0.437. The maximum absolute atomic E-state index is 11.6. The van der Waals surface area contributed by atoms with E-state index < -0.39 is 6.04 Å². The van der Waals surface area contributed by atoms with Gasteiger partial charge in [0.05, 0.1) is 19.8 Å². The lowest BCUT2D eigenvalue weighted by molar-refractivity contribution is -0.151. The third kappa shape index (κ3) is 2.47. The van der Waals surface area contributed by atoms with Crippen LogP contribution in [0.25, 0.3) is 0 Å². The van der Waals surface area contributed by atoms with Gasteiger partial charge >= 0.3 is 5.97 Å². The molecule has 0 aromatic carbocycles. The molecule has 0 aromatic rings. The van der Waals surface area contributed by atoms with Crippen LogP contribution >= 0.6 is 0 Å². The fraction of sp³-hybridized carbons (Fsp3) is 0.800. The first-order chi connectivity index (χ1) is 7.11. The normalized spacial score (nSPS) is 23.0. The van der Waals surface area contributed by atoms with Gasteiger partial charge in [-0.15, -0.1) is 0 Å². The smallest absolute Gasteiger partial charge is 0.328 e. The van der Waals surface area contributed by atoms with Crippen molar-refractivity contribution in [1.29, 1.82) is 0 Å². The molecule has 1 aliphatic heterocycles. The van der Waals surface area contributed by atoms with Crippen LogP contribution in [-0.2, 0) is 19.1 Å². The monoisotopic (exact) mass is 215 g/mol. The number of rotatable bonds is 4. The molecule has 1 fully saturated rings. The third-order valence-corrected chi connectivity index (χ3v) is 2.61. The molecule has 1 heterocycles. The van der Waals surface area contributed by atoms with Crippen LogP contribution in [0.5, 0.6) is 0 Å². The van der Waals surface area contributed by atoms with Crippen molar-refractivity contribution in [2.75, 3.05) is 20.8 Å². The van der Waals surface area contributed by atoms with E-state index >= 15 is 0 Å². The topological polar surface area (TPSA) is 55.8 Å². The quantitative estimate of drug-likeness (QED) is 0.628. The number of esters is 1. The lowest BCUT2D eigenvalue weighted by Crippen LogP contribution is -2.46. The molecule has 1 rings (SSSR count). The molecule has 5 nitrogen and oxygen atoms in total. The van der Waals surface area contributed by atoms with E-state index in [4.69, 9.17) is 4.74 Å². The number of hydrogen-bond acceptors (Lipinski definition) is 4.